The van der Waals surface area contributed by atoms with Crippen LogP contribution in [-0.4, -0.2) is 21.7 Å². The Morgan fingerprint density at radius 3 is 2.69 bits per heavy atom. The van der Waals surface area contributed by atoms with Crippen LogP contribution in [0.25, 0.3) is 11.2 Å². The number of benzene rings is 1. The van der Waals surface area contributed by atoms with E-state index in [2.05, 4.69) is 15.3 Å². The molecule has 7 heteroatoms. The molecule has 1 aliphatic carbocycles. The Kier molecular flexibility index (Phi) is 4.12. The third-order valence-electron chi connectivity index (χ3n) is 4.68. The fraction of sp³-hybridized carbons (Fsp3) is 0.263. The number of nitrogens with one attached hydrogen (secondary N) is 2. The average molecular weight is 351 g/mol. The van der Waals surface area contributed by atoms with E-state index in [1.165, 1.54) is 12.1 Å². The SMILES string of the molecule is O=C(Nc1ccccc1C(=O)C1CCCC1)c1ccc2oc(=O)[nH]c2n1. The molecule has 1 saturated carbocycles. The zero-order valence-electron chi connectivity index (χ0n) is 14.0. The molecule has 0 unspecified atom stereocenters. The van der Waals surface area contributed by atoms with Crippen molar-refractivity contribution in [2.24, 2.45) is 5.92 Å². The maximum atomic E-state index is 12.7. The van der Waals surface area contributed by atoms with Crippen molar-refractivity contribution in [3.05, 3.63) is 58.2 Å². The number of anilines is 1. The second-order valence-corrected chi connectivity index (χ2v) is 6.40. The first-order valence-corrected chi connectivity index (χ1v) is 8.56. The molecule has 3 aromatic rings. The van der Waals surface area contributed by atoms with Crippen LogP contribution in [-0.2, 0) is 0 Å². The standard InChI is InChI=1S/C19H17N3O4/c23-16(11-5-1-2-6-11)12-7-3-4-8-13(12)21-18(24)14-9-10-15-17(20-14)22-19(25)26-15/h3-4,7-11H,1-2,5-6H2,(H,21,24)(H,20,22,25). The van der Waals surface area contributed by atoms with Crippen molar-refractivity contribution in [3.63, 3.8) is 0 Å². The minimum absolute atomic E-state index is 0.0264. The highest BCUT2D eigenvalue weighted by atomic mass is 16.4. The van der Waals surface area contributed by atoms with E-state index in [0.29, 0.717) is 11.3 Å². The highest BCUT2D eigenvalue weighted by Gasteiger charge is 2.26. The molecule has 1 fully saturated rings. The normalized spacial score (nSPS) is 14.6. The molecule has 26 heavy (non-hydrogen) atoms. The third kappa shape index (κ3) is 3.03. The Balaban J connectivity index is 1.60. The summed E-state index contributed by atoms with van der Waals surface area (Å²) in [5.74, 6) is -0.988. The lowest BCUT2D eigenvalue weighted by atomic mass is 9.95. The number of fused-ring (bicyclic) bond motifs is 1. The molecule has 1 aromatic carbocycles. The van der Waals surface area contributed by atoms with Crippen molar-refractivity contribution in [3.8, 4) is 0 Å². The Morgan fingerprint density at radius 1 is 1.12 bits per heavy atom. The summed E-state index contributed by atoms with van der Waals surface area (Å²) in [5.41, 5.74) is 1.60. The average Bonchev–Trinajstić information content (AvgIpc) is 3.29. The number of para-hydroxylation sites is 1. The van der Waals surface area contributed by atoms with Crippen molar-refractivity contribution in [1.29, 1.82) is 0 Å². The van der Waals surface area contributed by atoms with Crippen LogP contribution >= 0.6 is 0 Å². The number of aromatic nitrogens is 2. The number of H-pyrrole nitrogens is 1. The van der Waals surface area contributed by atoms with Gasteiger partial charge >= 0.3 is 5.76 Å². The van der Waals surface area contributed by atoms with Crippen LogP contribution in [0.3, 0.4) is 0 Å². The number of rotatable bonds is 4. The first-order valence-electron chi connectivity index (χ1n) is 8.56. The molecule has 0 aliphatic heterocycles. The second kappa shape index (κ2) is 6.59. The van der Waals surface area contributed by atoms with Crippen LogP contribution in [0.5, 0.6) is 0 Å². The van der Waals surface area contributed by atoms with Gasteiger partial charge in [0.05, 0.1) is 5.69 Å². The first-order chi connectivity index (χ1) is 12.6. The molecule has 2 aromatic heterocycles. The fourth-order valence-electron chi connectivity index (χ4n) is 3.37. The summed E-state index contributed by atoms with van der Waals surface area (Å²) in [6, 6.07) is 9.98. The second-order valence-electron chi connectivity index (χ2n) is 6.40. The van der Waals surface area contributed by atoms with Gasteiger partial charge < -0.3 is 9.73 Å². The molecule has 7 nitrogen and oxygen atoms in total. The number of carbonyl (C=O) groups excluding carboxylic acids is 2. The molecule has 0 atom stereocenters. The summed E-state index contributed by atoms with van der Waals surface area (Å²) in [6.07, 6.45) is 3.93. The van der Waals surface area contributed by atoms with Crippen LogP contribution in [0, 0.1) is 5.92 Å². The van der Waals surface area contributed by atoms with E-state index in [4.69, 9.17) is 4.42 Å². The molecule has 2 heterocycles. The van der Waals surface area contributed by atoms with E-state index in [-0.39, 0.29) is 28.6 Å². The molecular formula is C19H17N3O4. The number of ketones is 1. The molecule has 4 rings (SSSR count). The largest absolute Gasteiger partial charge is 0.418 e. The first kappa shape index (κ1) is 16.3. The maximum absolute atomic E-state index is 12.7. The van der Waals surface area contributed by atoms with E-state index in [1.807, 2.05) is 0 Å². The van der Waals surface area contributed by atoms with Crippen LogP contribution in [0.15, 0.2) is 45.6 Å². The van der Waals surface area contributed by atoms with Crippen LogP contribution in [0.4, 0.5) is 5.69 Å². The Bertz CT molecular complexity index is 1040. The number of amides is 1. The lowest BCUT2D eigenvalue weighted by Gasteiger charge is -2.13. The van der Waals surface area contributed by atoms with Crippen LogP contribution in [0.2, 0.25) is 0 Å². The summed E-state index contributed by atoms with van der Waals surface area (Å²) in [4.78, 5) is 43.0. The van der Waals surface area contributed by atoms with Gasteiger partial charge in [0.2, 0.25) is 0 Å². The van der Waals surface area contributed by atoms with Gasteiger partial charge in [-0.05, 0) is 37.1 Å². The molecule has 1 amide bonds. The van der Waals surface area contributed by atoms with Crippen molar-refractivity contribution in [2.75, 3.05) is 5.32 Å². The van der Waals surface area contributed by atoms with Gasteiger partial charge in [-0.2, -0.15) is 0 Å². The van der Waals surface area contributed by atoms with Gasteiger partial charge in [0.25, 0.3) is 5.91 Å². The van der Waals surface area contributed by atoms with Gasteiger partial charge in [-0.3, -0.25) is 14.6 Å². The molecule has 2 N–H and O–H groups in total. The van der Waals surface area contributed by atoms with Gasteiger partial charge in [-0.1, -0.05) is 25.0 Å². The Hall–Kier alpha value is -3.22. The van der Waals surface area contributed by atoms with E-state index in [0.717, 1.165) is 25.7 Å². The summed E-state index contributed by atoms with van der Waals surface area (Å²) < 4.78 is 4.88. The van der Waals surface area contributed by atoms with Gasteiger partial charge in [-0.15, -0.1) is 0 Å². The van der Waals surface area contributed by atoms with Crippen LogP contribution in [0.1, 0.15) is 46.5 Å². The highest BCUT2D eigenvalue weighted by Crippen LogP contribution is 2.30. The van der Waals surface area contributed by atoms with E-state index >= 15 is 0 Å². The van der Waals surface area contributed by atoms with Crippen LogP contribution < -0.4 is 11.1 Å². The molecule has 0 radical (unpaired) electrons. The Labute approximate surface area is 148 Å². The molecule has 132 valence electrons. The van der Waals surface area contributed by atoms with Gasteiger partial charge in [0.15, 0.2) is 17.0 Å². The monoisotopic (exact) mass is 351 g/mol. The topological polar surface area (TPSA) is 105 Å². The maximum Gasteiger partial charge on any atom is 0.418 e. The van der Waals surface area contributed by atoms with Crippen molar-refractivity contribution in [2.45, 2.75) is 25.7 Å². The number of carbonyl (C=O) groups is 2. The predicted octanol–water partition coefficient (Wildman–Crippen LogP) is 3.14. The summed E-state index contributed by atoms with van der Waals surface area (Å²) in [6.45, 7) is 0. The van der Waals surface area contributed by atoms with E-state index in [1.54, 1.807) is 24.3 Å². The Morgan fingerprint density at radius 2 is 1.88 bits per heavy atom. The number of oxazole rings is 1. The minimum Gasteiger partial charge on any atom is -0.406 e. The molecule has 0 saturated heterocycles. The van der Waals surface area contributed by atoms with Crippen molar-refractivity contribution in [1.82, 2.24) is 9.97 Å². The van der Waals surface area contributed by atoms with Gasteiger partial charge in [0, 0.05) is 11.5 Å². The number of aromatic amines is 1. The fourth-order valence-corrected chi connectivity index (χ4v) is 3.37. The van der Waals surface area contributed by atoms with Gasteiger partial charge in [-0.25, -0.2) is 9.78 Å². The summed E-state index contributed by atoms with van der Waals surface area (Å²) in [5, 5.41) is 2.76. The number of hydrogen-bond acceptors (Lipinski definition) is 5. The zero-order chi connectivity index (χ0) is 18.1. The molecule has 0 bridgehead atoms. The lowest BCUT2D eigenvalue weighted by molar-refractivity contribution is 0.0924. The number of nitrogens with zero attached hydrogens (tertiary/aromatic N) is 1. The summed E-state index contributed by atoms with van der Waals surface area (Å²) >= 11 is 0. The smallest absolute Gasteiger partial charge is 0.406 e. The number of Topliss-reactive ketones (excluding diaryl/α,β-unsaturated/α-hetero) is 1. The van der Waals surface area contributed by atoms with Crippen molar-refractivity contribution < 1.29 is 14.0 Å². The predicted molar refractivity (Wildman–Crippen MR) is 95.3 cm³/mol. The number of hydrogen-bond donors (Lipinski definition) is 2. The van der Waals surface area contributed by atoms with Crippen molar-refractivity contribution >= 4 is 28.6 Å². The van der Waals surface area contributed by atoms with Gasteiger partial charge in [0.1, 0.15) is 5.69 Å². The molecule has 0 spiro atoms. The lowest BCUT2D eigenvalue weighted by Crippen LogP contribution is -2.18. The zero-order valence-corrected chi connectivity index (χ0v) is 14.0. The summed E-state index contributed by atoms with van der Waals surface area (Å²) in [7, 11) is 0. The highest BCUT2D eigenvalue weighted by molar-refractivity contribution is 6.09. The minimum atomic E-state index is -0.627. The van der Waals surface area contributed by atoms with E-state index in [9.17, 15) is 14.4 Å². The molecule has 1 aliphatic rings. The quantitative estimate of drug-likeness (QED) is 0.703. The third-order valence-corrected chi connectivity index (χ3v) is 4.68. The van der Waals surface area contributed by atoms with E-state index < -0.39 is 11.7 Å². The molecular weight excluding hydrogens is 334 g/mol. The number of pyridine rings is 1.